The maximum atomic E-state index is 6.21. The Morgan fingerprint density at radius 1 is 0.900 bits per heavy atom. The van der Waals surface area contributed by atoms with Crippen LogP contribution in [0.5, 0.6) is 0 Å². The largest absolute Gasteiger partial charge is 0.389 e. The van der Waals surface area contributed by atoms with Crippen molar-refractivity contribution in [1.29, 1.82) is 0 Å². The lowest BCUT2D eigenvalue weighted by molar-refractivity contribution is 0.0935. The molecule has 0 fully saturated rings. The Hall–Kier alpha value is -0.123. The lowest BCUT2D eigenvalue weighted by Crippen LogP contribution is -2.42. The molecule has 20 heavy (non-hydrogen) atoms. The molecule has 0 bridgehead atoms. The molecule has 0 heterocycles. The lowest BCUT2D eigenvalue weighted by Gasteiger charge is -2.30. The first kappa shape index (κ1) is 19.9. The molecule has 0 aliphatic rings. The van der Waals surface area contributed by atoms with Gasteiger partial charge in [-0.15, -0.1) is 6.58 Å². The van der Waals surface area contributed by atoms with Crippen LogP contribution in [-0.2, 0) is 8.85 Å². The van der Waals surface area contributed by atoms with E-state index in [0.717, 1.165) is 12.8 Å². The van der Waals surface area contributed by atoms with Crippen LogP contribution in [0.2, 0.25) is 6.55 Å². The van der Waals surface area contributed by atoms with Gasteiger partial charge in [-0.05, 0) is 38.9 Å². The molecule has 0 aliphatic carbocycles. The Balaban J connectivity index is 4.13. The Morgan fingerprint density at radius 3 is 1.60 bits per heavy atom. The highest BCUT2D eigenvalue weighted by molar-refractivity contribution is 6.71. The highest BCUT2D eigenvalue weighted by Gasteiger charge is 2.31. The van der Waals surface area contributed by atoms with Gasteiger partial charge in [0.25, 0.3) is 0 Å². The summed E-state index contributed by atoms with van der Waals surface area (Å²) in [6.07, 6.45) is 10.4. The summed E-state index contributed by atoms with van der Waals surface area (Å²) in [5, 5.41) is 0. The van der Waals surface area contributed by atoms with Gasteiger partial charge in [-0.3, -0.25) is 0 Å². The van der Waals surface area contributed by atoms with Crippen LogP contribution in [-0.4, -0.2) is 20.8 Å². The van der Waals surface area contributed by atoms with E-state index in [1.165, 1.54) is 38.5 Å². The predicted octanol–water partition coefficient (Wildman–Crippen LogP) is 5.75. The van der Waals surface area contributed by atoms with E-state index in [2.05, 4.69) is 40.8 Å². The Kier molecular flexibility index (Phi) is 11.5. The Labute approximate surface area is 128 Å². The minimum absolute atomic E-state index is 0.277. The Bertz CT molecular complexity index is 225. The van der Waals surface area contributed by atoms with Gasteiger partial charge >= 0.3 is 8.56 Å². The monoisotopic (exact) mass is 300 g/mol. The highest BCUT2D eigenvalue weighted by Crippen LogP contribution is 2.19. The van der Waals surface area contributed by atoms with Crippen LogP contribution in [0.15, 0.2) is 12.3 Å². The maximum Gasteiger partial charge on any atom is 0.361 e. The van der Waals surface area contributed by atoms with Crippen molar-refractivity contribution in [3.63, 3.8) is 0 Å². The third kappa shape index (κ3) is 9.73. The molecule has 3 heteroatoms. The van der Waals surface area contributed by atoms with E-state index in [1.807, 2.05) is 5.70 Å². The molecule has 0 spiro atoms. The zero-order valence-corrected chi connectivity index (χ0v) is 15.4. The van der Waals surface area contributed by atoms with Crippen molar-refractivity contribution < 1.29 is 8.85 Å². The third-order valence-electron chi connectivity index (χ3n) is 3.67. The van der Waals surface area contributed by atoms with Gasteiger partial charge < -0.3 is 8.85 Å². The molecule has 2 unspecified atom stereocenters. The molecule has 0 aromatic heterocycles. The van der Waals surface area contributed by atoms with Gasteiger partial charge in [-0.25, -0.2) is 0 Å². The van der Waals surface area contributed by atoms with Gasteiger partial charge in [-0.1, -0.05) is 52.4 Å². The van der Waals surface area contributed by atoms with E-state index in [4.69, 9.17) is 8.85 Å². The summed E-state index contributed by atoms with van der Waals surface area (Å²) in [7, 11) is -2.21. The second kappa shape index (κ2) is 11.5. The second-order valence-corrected chi connectivity index (χ2v) is 8.98. The summed E-state index contributed by atoms with van der Waals surface area (Å²) in [6, 6.07) is 0. The van der Waals surface area contributed by atoms with E-state index in [1.54, 1.807) is 0 Å². The highest BCUT2D eigenvalue weighted by atomic mass is 28.4. The minimum atomic E-state index is -2.21. The summed E-state index contributed by atoms with van der Waals surface area (Å²) in [6.45, 7) is 14.8. The van der Waals surface area contributed by atoms with E-state index in [9.17, 15) is 0 Å². The summed E-state index contributed by atoms with van der Waals surface area (Å²) >= 11 is 0. The normalized spacial score (nSPS) is 17.4. The van der Waals surface area contributed by atoms with Gasteiger partial charge in [0.15, 0.2) is 0 Å². The zero-order chi connectivity index (χ0) is 15.4. The SMILES string of the molecule is C=C[Si](C)(OC(C)CCCCC)OC(C)CCCCC. The van der Waals surface area contributed by atoms with Crippen LogP contribution in [0, 0.1) is 0 Å². The standard InChI is InChI=1S/C17H36O2Si/c1-7-10-12-14-16(4)18-20(6,9-3)19-17(5)15-13-11-8-2/h9,16-17H,3,7-8,10-15H2,1-2,4-6H3. The fraction of sp³-hybridized carbons (Fsp3) is 0.882. The van der Waals surface area contributed by atoms with Crippen LogP contribution in [0.4, 0.5) is 0 Å². The summed E-state index contributed by atoms with van der Waals surface area (Å²) < 4.78 is 12.4. The first-order chi connectivity index (χ1) is 9.47. The number of hydrogen-bond acceptors (Lipinski definition) is 2. The summed E-state index contributed by atoms with van der Waals surface area (Å²) in [5.74, 6) is 0. The smallest absolute Gasteiger partial charge is 0.361 e. The molecule has 0 saturated carbocycles. The molecule has 0 radical (unpaired) electrons. The zero-order valence-electron chi connectivity index (χ0n) is 14.4. The molecule has 2 atom stereocenters. The number of unbranched alkanes of at least 4 members (excludes halogenated alkanes) is 4. The second-order valence-electron chi connectivity index (χ2n) is 6.07. The van der Waals surface area contributed by atoms with Crippen LogP contribution in [0.1, 0.15) is 79.1 Å². The number of rotatable bonds is 13. The van der Waals surface area contributed by atoms with Crippen LogP contribution >= 0.6 is 0 Å². The van der Waals surface area contributed by atoms with E-state index in [-0.39, 0.29) is 12.2 Å². The first-order valence-electron chi connectivity index (χ1n) is 8.46. The fourth-order valence-corrected chi connectivity index (χ4v) is 4.49. The van der Waals surface area contributed by atoms with Crippen LogP contribution < -0.4 is 0 Å². The number of hydrogen-bond donors (Lipinski definition) is 0. The molecule has 120 valence electrons. The maximum absolute atomic E-state index is 6.21. The van der Waals surface area contributed by atoms with E-state index in [0.29, 0.717) is 0 Å². The summed E-state index contributed by atoms with van der Waals surface area (Å²) in [4.78, 5) is 0. The van der Waals surface area contributed by atoms with E-state index >= 15 is 0 Å². The van der Waals surface area contributed by atoms with Gasteiger partial charge in [0, 0.05) is 12.2 Å². The average Bonchev–Trinajstić information content (AvgIpc) is 2.39. The summed E-state index contributed by atoms with van der Waals surface area (Å²) in [5.41, 5.74) is 1.93. The quantitative estimate of drug-likeness (QED) is 0.318. The average molecular weight is 301 g/mol. The Morgan fingerprint density at radius 2 is 1.30 bits per heavy atom. The predicted molar refractivity (Wildman–Crippen MR) is 91.2 cm³/mol. The molecule has 0 N–H and O–H groups in total. The molecule has 0 aromatic carbocycles. The van der Waals surface area contributed by atoms with Crippen molar-refractivity contribution in [3.05, 3.63) is 12.3 Å². The molecule has 0 aliphatic heterocycles. The van der Waals surface area contributed by atoms with Crippen molar-refractivity contribution in [2.45, 2.75) is 97.8 Å². The van der Waals surface area contributed by atoms with Crippen LogP contribution in [0.3, 0.4) is 0 Å². The van der Waals surface area contributed by atoms with Crippen LogP contribution in [0.25, 0.3) is 0 Å². The fourth-order valence-electron chi connectivity index (χ4n) is 2.40. The molecular weight excluding hydrogens is 264 g/mol. The minimum Gasteiger partial charge on any atom is -0.389 e. The van der Waals surface area contributed by atoms with Gasteiger partial charge in [-0.2, -0.15) is 0 Å². The van der Waals surface area contributed by atoms with Crippen molar-refractivity contribution in [1.82, 2.24) is 0 Å². The third-order valence-corrected chi connectivity index (χ3v) is 6.15. The van der Waals surface area contributed by atoms with Gasteiger partial charge in [0.05, 0.1) is 0 Å². The molecule has 2 nitrogen and oxygen atoms in total. The van der Waals surface area contributed by atoms with Crippen molar-refractivity contribution in [2.75, 3.05) is 0 Å². The first-order valence-corrected chi connectivity index (χ1v) is 10.9. The van der Waals surface area contributed by atoms with Gasteiger partial charge in [0.1, 0.15) is 0 Å². The van der Waals surface area contributed by atoms with Crippen molar-refractivity contribution in [2.24, 2.45) is 0 Å². The lowest BCUT2D eigenvalue weighted by atomic mass is 10.1. The van der Waals surface area contributed by atoms with Crippen molar-refractivity contribution >= 4 is 8.56 Å². The molecular formula is C17H36O2Si. The molecule has 0 saturated heterocycles. The topological polar surface area (TPSA) is 18.5 Å². The van der Waals surface area contributed by atoms with E-state index < -0.39 is 8.56 Å². The van der Waals surface area contributed by atoms with Gasteiger partial charge in [0.2, 0.25) is 0 Å². The molecule has 0 rings (SSSR count). The molecule has 0 aromatic rings. The molecule has 0 amide bonds. The van der Waals surface area contributed by atoms with Crippen molar-refractivity contribution in [3.8, 4) is 0 Å².